The number of aryl methyl sites for hydroxylation is 4. The van der Waals surface area contributed by atoms with Crippen molar-refractivity contribution >= 4 is 23.2 Å². The minimum Gasteiger partial charge on any atom is -0.483 e. The Labute approximate surface area is 146 Å². The summed E-state index contributed by atoms with van der Waals surface area (Å²) in [5, 5.41) is 0. The number of thiophene rings is 1. The number of nitrogens with one attached hydrogen (secondary N) is 2. The van der Waals surface area contributed by atoms with E-state index in [1.54, 1.807) is 0 Å². The standard InChI is InChI=1S/C18H22N2O3S/c1-5-14-9-15(24-13(14)4)18(22)20-19-16(21)10-23-17-11(2)7-6-8-12(17)3/h6-9H,5,10H2,1-4H3,(H,19,21)(H,20,22). The molecule has 0 bridgehead atoms. The summed E-state index contributed by atoms with van der Waals surface area (Å²) in [6.45, 7) is 7.72. The topological polar surface area (TPSA) is 67.4 Å². The molecule has 1 heterocycles. The Morgan fingerprint density at radius 3 is 2.38 bits per heavy atom. The lowest BCUT2D eigenvalue weighted by Gasteiger charge is -2.12. The lowest BCUT2D eigenvalue weighted by atomic mass is 10.1. The van der Waals surface area contributed by atoms with Crippen molar-refractivity contribution in [2.45, 2.75) is 34.1 Å². The Morgan fingerprint density at radius 1 is 1.12 bits per heavy atom. The van der Waals surface area contributed by atoms with Crippen molar-refractivity contribution in [2.24, 2.45) is 0 Å². The number of hydrogen-bond acceptors (Lipinski definition) is 4. The number of carbonyl (C=O) groups is 2. The molecular weight excluding hydrogens is 324 g/mol. The van der Waals surface area contributed by atoms with E-state index < -0.39 is 5.91 Å². The maximum Gasteiger partial charge on any atom is 0.279 e. The van der Waals surface area contributed by atoms with Crippen LogP contribution in [0, 0.1) is 20.8 Å². The zero-order valence-electron chi connectivity index (χ0n) is 14.4. The second-order valence-electron chi connectivity index (χ2n) is 5.56. The lowest BCUT2D eigenvalue weighted by molar-refractivity contribution is -0.123. The summed E-state index contributed by atoms with van der Waals surface area (Å²) < 4.78 is 5.55. The number of para-hydroxylation sites is 1. The van der Waals surface area contributed by atoms with Gasteiger partial charge in [-0.05, 0) is 49.9 Å². The van der Waals surface area contributed by atoms with Crippen molar-refractivity contribution in [1.29, 1.82) is 0 Å². The van der Waals surface area contributed by atoms with Crippen LogP contribution in [0.4, 0.5) is 0 Å². The van der Waals surface area contributed by atoms with Crippen LogP contribution in [0.2, 0.25) is 0 Å². The normalized spacial score (nSPS) is 10.3. The zero-order chi connectivity index (χ0) is 17.7. The molecule has 0 atom stereocenters. The van der Waals surface area contributed by atoms with Crippen LogP contribution in [0.1, 0.15) is 38.2 Å². The summed E-state index contributed by atoms with van der Waals surface area (Å²) in [5.74, 6) is -0.0290. The van der Waals surface area contributed by atoms with Gasteiger partial charge < -0.3 is 4.74 Å². The summed E-state index contributed by atoms with van der Waals surface area (Å²) in [5.41, 5.74) is 7.88. The van der Waals surface area contributed by atoms with E-state index in [9.17, 15) is 9.59 Å². The smallest absolute Gasteiger partial charge is 0.279 e. The highest BCUT2D eigenvalue weighted by molar-refractivity contribution is 7.14. The summed E-state index contributed by atoms with van der Waals surface area (Å²) >= 11 is 1.42. The molecule has 6 heteroatoms. The molecule has 2 N–H and O–H groups in total. The van der Waals surface area contributed by atoms with Gasteiger partial charge in [0.05, 0.1) is 4.88 Å². The Morgan fingerprint density at radius 2 is 1.79 bits per heavy atom. The molecule has 128 valence electrons. The summed E-state index contributed by atoms with van der Waals surface area (Å²) in [6, 6.07) is 7.64. The number of hydrogen-bond donors (Lipinski definition) is 2. The molecule has 2 aromatic rings. The zero-order valence-corrected chi connectivity index (χ0v) is 15.2. The molecule has 0 aliphatic heterocycles. The Bertz CT molecular complexity index is 732. The maximum absolute atomic E-state index is 12.1. The van der Waals surface area contributed by atoms with Gasteiger partial charge in [-0.25, -0.2) is 0 Å². The highest BCUT2D eigenvalue weighted by Crippen LogP contribution is 2.22. The van der Waals surface area contributed by atoms with Crippen molar-refractivity contribution in [3.63, 3.8) is 0 Å². The molecule has 24 heavy (non-hydrogen) atoms. The molecule has 0 fully saturated rings. The number of rotatable bonds is 5. The van der Waals surface area contributed by atoms with Crippen molar-refractivity contribution < 1.29 is 14.3 Å². The van der Waals surface area contributed by atoms with E-state index in [-0.39, 0.29) is 12.5 Å². The van der Waals surface area contributed by atoms with Gasteiger partial charge in [-0.3, -0.25) is 20.4 Å². The number of hydrazine groups is 1. The van der Waals surface area contributed by atoms with Crippen molar-refractivity contribution in [1.82, 2.24) is 10.9 Å². The lowest BCUT2D eigenvalue weighted by Crippen LogP contribution is -2.43. The molecule has 0 aliphatic carbocycles. The summed E-state index contributed by atoms with van der Waals surface area (Å²) in [6.07, 6.45) is 0.881. The first-order valence-electron chi connectivity index (χ1n) is 7.79. The first-order chi connectivity index (χ1) is 11.4. The largest absolute Gasteiger partial charge is 0.483 e. The number of ether oxygens (including phenoxy) is 1. The fourth-order valence-corrected chi connectivity index (χ4v) is 3.38. The van der Waals surface area contributed by atoms with E-state index >= 15 is 0 Å². The average molecular weight is 346 g/mol. The van der Waals surface area contributed by atoms with E-state index in [1.807, 2.05) is 52.0 Å². The third kappa shape index (κ3) is 4.35. The molecule has 0 aliphatic rings. The van der Waals surface area contributed by atoms with Gasteiger partial charge in [0.15, 0.2) is 6.61 Å². The molecule has 0 saturated carbocycles. The molecule has 0 saturated heterocycles. The molecule has 0 radical (unpaired) electrons. The Hall–Kier alpha value is -2.34. The number of amides is 2. The van der Waals surface area contributed by atoms with Crippen molar-refractivity contribution in [3.8, 4) is 5.75 Å². The monoisotopic (exact) mass is 346 g/mol. The summed E-state index contributed by atoms with van der Waals surface area (Å²) in [7, 11) is 0. The van der Waals surface area contributed by atoms with Crippen molar-refractivity contribution in [3.05, 3.63) is 50.7 Å². The Kier molecular flexibility index (Phi) is 5.98. The van der Waals surface area contributed by atoms with Crippen LogP contribution in [0.5, 0.6) is 5.75 Å². The minimum atomic E-state index is -0.407. The molecule has 0 spiro atoms. The van der Waals surface area contributed by atoms with Crippen LogP contribution in [0.25, 0.3) is 0 Å². The van der Waals surface area contributed by atoms with E-state index in [0.29, 0.717) is 10.6 Å². The number of benzene rings is 1. The Balaban J connectivity index is 1.85. The quantitative estimate of drug-likeness (QED) is 0.818. The van der Waals surface area contributed by atoms with Gasteiger partial charge >= 0.3 is 0 Å². The van der Waals surface area contributed by atoms with E-state index in [2.05, 4.69) is 10.9 Å². The summed E-state index contributed by atoms with van der Waals surface area (Å²) in [4.78, 5) is 25.6. The average Bonchev–Trinajstić information content (AvgIpc) is 2.93. The van der Waals surface area contributed by atoms with Crippen LogP contribution >= 0.6 is 11.3 Å². The van der Waals surface area contributed by atoms with Crippen LogP contribution in [-0.2, 0) is 11.2 Å². The van der Waals surface area contributed by atoms with Crippen molar-refractivity contribution in [2.75, 3.05) is 6.61 Å². The second kappa shape index (κ2) is 7.97. The molecule has 1 aromatic heterocycles. The van der Waals surface area contributed by atoms with Gasteiger partial charge in [0, 0.05) is 4.88 Å². The van der Waals surface area contributed by atoms with Crippen LogP contribution < -0.4 is 15.6 Å². The van der Waals surface area contributed by atoms with Crippen LogP contribution in [0.15, 0.2) is 24.3 Å². The molecule has 5 nitrogen and oxygen atoms in total. The molecule has 1 aromatic carbocycles. The van der Waals surface area contributed by atoms with Gasteiger partial charge in [0.1, 0.15) is 5.75 Å². The fraction of sp³-hybridized carbons (Fsp3) is 0.333. The SMILES string of the molecule is CCc1cc(C(=O)NNC(=O)COc2c(C)cccc2C)sc1C. The van der Waals surface area contributed by atoms with E-state index in [1.165, 1.54) is 11.3 Å². The molecule has 2 amide bonds. The van der Waals surface area contributed by atoms with Gasteiger partial charge in [-0.2, -0.15) is 0 Å². The first kappa shape index (κ1) is 18.0. The predicted molar refractivity (Wildman–Crippen MR) is 95.5 cm³/mol. The number of carbonyl (C=O) groups excluding carboxylic acids is 2. The van der Waals surface area contributed by atoms with Gasteiger partial charge in [0.25, 0.3) is 11.8 Å². The first-order valence-corrected chi connectivity index (χ1v) is 8.61. The molecule has 0 unspecified atom stereocenters. The maximum atomic E-state index is 12.1. The van der Waals surface area contributed by atoms with Crippen LogP contribution in [0.3, 0.4) is 0 Å². The van der Waals surface area contributed by atoms with E-state index in [0.717, 1.165) is 28.0 Å². The third-order valence-corrected chi connectivity index (χ3v) is 4.79. The highest BCUT2D eigenvalue weighted by atomic mass is 32.1. The van der Waals surface area contributed by atoms with E-state index in [4.69, 9.17) is 4.74 Å². The minimum absolute atomic E-state index is 0.157. The third-order valence-electron chi connectivity index (χ3n) is 3.70. The predicted octanol–water partition coefficient (Wildman–Crippen LogP) is 3.08. The van der Waals surface area contributed by atoms with Gasteiger partial charge in [-0.15, -0.1) is 11.3 Å². The molecular formula is C18H22N2O3S. The fourth-order valence-electron chi connectivity index (χ4n) is 2.37. The molecule has 2 rings (SSSR count). The highest BCUT2D eigenvalue weighted by Gasteiger charge is 2.13. The van der Waals surface area contributed by atoms with Gasteiger partial charge in [-0.1, -0.05) is 25.1 Å². The second-order valence-corrected chi connectivity index (χ2v) is 6.81. The van der Waals surface area contributed by atoms with Gasteiger partial charge in [0.2, 0.25) is 0 Å². The van der Waals surface area contributed by atoms with Crippen LogP contribution in [-0.4, -0.2) is 18.4 Å².